The molecule has 1 fully saturated rings. The lowest BCUT2D eigenvalue weighted by Gasteiger charge is -2.40. The maximum Gasteiger partial charge on any atom is 0.253 e. The molecule has 0 bridgehead atoms. The number of ether oxygens (including phenoxy) is 3. The summed E-state index contributed by atoms with van der Waals surface area (Å²) in [4.78, 5) is 13.3. The second-order valence-corrected chi connectivity index (χ2v) is 9.48. The average Bonchev–Trinajstić information content (AvgIpc) is 3.24. The summed E-state index contributed by atoms with van der Waals surface area (Å²) in [7, 11) is 1.58. The third-order valence-corrected chi connectivity index (χ3v) is 6.93. The number of rotatable bonds is 9. The summed E-state index contributed by atoms with van der Waals surface area (Å²) >= 11 is 12.2. The van der Waals surface area contributed by atoms with Crippen LogP contribution in [0, 0.1) is 0 Å². The molecule has 0 saturated carbocycles. The van der Waals surface area contributed by atoms with Gasteiger partial charge in [-0.3, -0.25) is 4.79 Å². The molecule has 2 aromatic carbocycles. The number of benzene rings is 2. The van der Waals surface area contributed by atoms with E-state index in [1.54, 1.807) is 43.6 Å². The van der Waals surface area contributed by atoms with Crippen LogP contribution in [-0.2, 0) is 16.0 Å². The molecule has 4 rings (SSSR count). The number of halogens is 2. The van der Waals surface area contributed by atoms with Gasteiger partial charge in [0.25, 0.3) is 5.91 Å². The quantitative estimate of drug-likeness (QED) is 0.251. The number of methoxy groups -OCH3 is 1. The number of aliphatic hydroxyl groups excluding tert-OH is 4. The van der Waals surface area contributed by atoms with E-state index >= 15 is 0 Å². The van der Waals surface area contributed by atoms with Crippen LogP contribution < -0.4 is 10.1 Å². The van der Waals surface area contributed by atoms with E-state index in [4.69, 9.17) is 37.4 Å². The molecule has 5 atom stereocenters. The van der Waals surface area contributed by atoms with E-state index in [0.29, 0.717) is 46.5 Å². The van der Waals surface area contributed by atoms with Crippen molar-refractivity contribution < 1.29 is 39.4 Å². The van der Waals surface area contributed by atoms with Gasteiger partial charge in [-0.15, -0.1) is 0 Å². The fourth-order valence-corrected chi connectivity index (χ4v) is 4.55. The van der Waals surface area contributed by atoms with Crippen molar-refractivity contribution in [3.63, 3.8) is 0 Å². The Morgan fingerprint density at radius 3 is 2.57 bits per heavy atom. The molecule has 1 saturated heterocycles. The molecule has 5 N–H and O–H groups in total. The van der Waals surface area contributed by atoms with Crippen molar-refractivity contribution in [3.8, 4) is 5.75 Å². The van der Waals surface area contributed by atoms with Gasteiger partial charge in [0.05, 0.1) is 34.3 Å². The minimum Gasteiger partial charge on any atom is -0.491 e. The smallest absolute Gasteiger partial charge is 0.253 e. The van der Waals surface area contributed by atoms with Gasteiger partial charge in [-0.1, -0.05) is 29.3 Å². The molecule has 0 spiro atoms. The van der Waals surface area contributed by atoms with Crippen molar-refractivity contribution in [2.45, 2.75) is 37.2 Å². The van der Waals surface area contributed by atoms with Crippen LogP contribution in [0.2, 0.25) is 10.0 Å². The van der Waals surface area contributed by atoms with E-state index < -0.39 is 43.2 Å². The zero-order chi connectivity index (χ0) is 26.7. The summed E-state index contributed by atoms with van der Waals surface area (Å²) in [5, 5.41) is 44.1. The van der Waals surface area contributed by atoms with Gasteiger partial charge >= 0.3 is 0 Å². The third-order valence-electron chi connectivity index (χ3n) is 6.19. The number of aliphatic hydroxyl groups is 4. The molecule has 1 aromatic heterocycles. The van der Waals surface area contributed by atoms with Gasteiger partial charge in [0.2, 0.25) is 0 Å². The van der Waals surface area contributed by atoms with Crippen LogP contribution in [0.1, 0.15) is 15.9 Å². The molecule has 0 radical (unpaired) electrons. The number of nitrogens with zero attached hydrogens (tertiary/aromatic N) is 1. The Bertz CT molecular complexity index is 1250. The zero-order valence-corrected chi connectivity index (χ0v) is 21.4. The minimum absolute atomic E-state index is 0.261. The van der Waals surface area contributed by atoms with Gasteiger partial charge in [0.15, 0.2) is 6.29 Å². The fraction of sp³-hybridized carbons (Fsp3) is 0.400. The highest BCUT2D eigenvalue weighted by molar-refractivity contribution is 6.42. The fourth-order valence-electron chi connectivity index (χ4n) is 4.23. The van der Waals surface area contributed by atoms with E-state index in [-0.39, 0.29) is 5.56 Å². The summed E-state index contributed by atoms with van der Waals surface area (Å²) in [6.45, 7) is 0.508. The van der Waals surface area contributed by atoms with Crippen LogP contribution in [0.5, 0.6) is 5.75 Å². The molecule has 3 aromatic rings. The second kappa shape index (κ2) is 12.0. The topological polar surface area (TPSA) is 143 Å². The number of hydrogen-bond donors (Lipinski definition) is 5. The lowest BCUT2D eigenvalue weighted by atomic mass is 9.96. The van der Waals surface area contributed by atoms with E-state index in [2.05, 4.69) is 5.32 Å². The highest BCUT2D eigenvalue weighted by Crippen LogP contribution is 2.29. The Kier molecular flexibility index (Phi) is 8.94. The number of amides is 1. The minimum atomic E-state index is -1.63. The van der Waals surface area contributed by atoms with E-state index in [1.165, 1.54) is 0 Å². The van der Waals surface area contributed by atoms with Crippen molar-refractivity contribution in [3.05, 3.63) is 63.8 Å². The van der Waals surface area contributed by atoms with E-state index in [9.17, 15) is 25.2 Å². The first-order valence-electron chi connectivity index (χ1n) is 11.5. The van der Waals surface area contributed by atoms with Gasteiger partial charge < -0.3 is 44.5 Å². The Morgan fingerprint density at radius 2 is 1.86 bits per heavy atom. The molecule has 10 nitrogen and oxygen atoms in total. The number of nitrogens with one attached hydrogen (secondary N) is 1. The monoisotopic (exact) mass is 554 g/mol. The van der Waals surface area contributed by atoms with Crippen LogP contribution in [0.25, 0.3) is 10.9 Å². The van der Waals surface area contributed by atoms with Crippen LogP contribution in [0.3, 0.4) is 0 Å². The maximum atomic E-state index is 13.3. The van der Waals surface area contributed by atoms with Crippen molar-refractivity contribution >= 4 is 40.0 Å². The van der Waals surface area contributed by atoms with Gasteiger partial charge in [0.1, 0.15) is 36.7 Å². The summed E-state index contributed by atoms with van der Waals surface area (Å²) < 4.78 is 17.8. The molecule has 2 heterocycles. The van der Waals surface area contributed by atoms with E-state index in [1.807, 2.05) is 10.6 Å². The molecular formula is C25H28Cl2N2O8. The maximum absolute atomic E-state index is 13.3. The Labute approximate surface area is 222 Å². The normalized spacial score (nSPS) is 23.8. The largest absolute Gasteiger partial charge is 0.491 e. The second-order valence-electron chi connectivity index (χ2n) is 8.67. The van der Waals surface area contributed by atoms with E-state index in [0.717, 1.165) is 5.56 Å². The molecule has 1 amide bonds. The standard InChI is InChI=1S/C25H28Cl2N2O8/c1-35-6-7-36-14-3-4-15-16(24(33)28-21-23(32)22(31)20(12-30)37-25(21)34)11-29(19(15)9-14)10-13-2-5-17(26)18(27)8-13/h2-5,8-9,11,20-23,25,30-32,34H,6-7,10,12H2,1H3,(H,28,33)/t20?,21-,22-,23?,25?/m1/s1. The van der Waals surface area contributed by atoms with Crippen LogP contribution in [0.4, 0.5) is 0 Å². The van der Waals surface area contributed by atoms with Crippen LogP contribution in [0.15, 0.2) is 42.6 Å². The Balaban J connectivity index is 1.66. The zero-order valence-electron chi connectivity index (χ0n) is 19.9. The highest BCUT2D eigenvalue weighted by atomic mass is 35.5. The van der Waals surface area contributed by atoms with Gasteiger partial charge in [-0.2, -0.15) is 0 Å². The molecule has 12 heteroatoms. The van der Waals surface area contributed by atoms with Crippen molar-refractivity contribution in [2.24, 2.45) is 0 Å². The summed E-state index contributed by atoms with van der Waals surface area (Å²) in [5.74, 6) is -0.0259. The molecule has 200 valence electrons. The summed E-state index contributed by atoms with van der Waals surface area (Å²) in [6, 6.07) is 9.18. The van der Waals surface area contributed by atoms with Crippen molar-refractivity contribution in [2.75, 3.05) is 26.9 Å². The molecule has 0 aliphatic carbocycles. The third kappa shape index (κ3) is 6.02. The summed E-state index contributed by atoms with van der Waals surface area (Å²) in [6.07, 6.45) is -4.24. The molecule has 37 heavy (non-hydrogen) atoms. The Morgan fingerprint density at radius 1 is 1.08 bits per heavy atom. The Hall–Kier alpha value is -2.41. The van der Waals surface area contributed by atoms with Crippen molar-refractivity contribution in [1.82, 2.24) is 9.88 Å². The first-order chi connectivity index (χ1) is 17.7. The van der Waals surface area contributed by atoms with Crippen LogP contribution >= 0.6 is 23.2 Å². The summed E-state index contributed by atoms with van der Waals surface area (Å²) in [5.41, 5.74) is 1.79. The van der Waals surface area contributed by atoms with Gasteiger partial charge in [-0.25, -0.2) is 0 Å². The molecular weight excluding hydrogens is 527 g/mol. The lowest BCUT2D eigenvalue weighted by molar-refractivity contribution is -0.252. The average molecular weight is 555 g/mol. The van der Waals surface area contributed by atoms with Crippen molar-refractivity contribution in [1.29, 1.82) is 0 Å². The number of hydrogen-bond acceptors (Lipinski definition) is 8. The van der Waals surface area contributed by atoms with Gasteiger partial charge in [0, 0.05) is 31.3 Å². The SMILES string of the molecule is COCCOc1ccc2c(C(=O)N[C@H]3C(O)OC(CO)[C@@H](O)C3O)cn(Cc3ccc(Cl)c(Cl)c3)c2c1. The molecule has 1 aliphatic rings. The van der Waals surface area contributed by atoms with Crippen LogP contribution in [-0.4, -0.2) is 88.5 Å². The number of aromatic nitrogens is 1. The molecule has 1 aliphatic heterocycles. The number of carbonyl (C=O) groups is 1. The first-order valence-corrected chi connectivity index (χ1v) is 12.3. The first kappa shape index (κ1) is 27.6. The van der Waals surface area contributed by atoms with Gasteiger partial charge in [-0.05, 0) is 29.8 Å². The number of carbonyl (C=O) groups excluding carboxylic acids is 1. The highest BCUT2D eigenvalue weighted by Gasteiger charge is 2.44. The predicted molar refractivity (Wildman–Crippen MR) is 136 cm³/mol. The predicted octanol–water partition coefficient (Wildman–Crippen LogP) is 1.55. The number of fused-ring (bicyclic) bond motifs is 1. The lowest BCUT2D eigenvalue weighted by Crippen LogP contribution is -2.64. The molecule has 3 unspecified atom stereocenters.